The minimum Gasteiger partial charge on any atom is -0.351 e. The van der Waals surface area contributed by atoms with E-state index in [0.29, 0.717) is 13.1 Å². The summed E-state index contributed by atoms with van der Waals surface area (Å²) in [6.07, 6.45) is 2.09. The molecule has 0 saturated carbocycles. The molecule has 1 rings (SSSR count). The van der Waals surface area contributed by atoms with Gasteiger partial charge in [-0.15, -0.1) is 0 Å². The first-order valence-corrected chi connectivity index (χ1v) is 6.99. The van der Waals surface area contributed by atoms with Gasteiger partial charge in [0.25, 0.3) is 0 Å². The number of carbonyl (C=O) groups is 1. The number of hydrogen-bond donors (Lipinski definition) is 1. The molecule has 0 fully saturated rings. The molecule has 3 nitrogen and oxygen atoms in total. The first kappa shape index (κ1) is 14.1. The lowest BCUT2D eigenvalue weighted by molar-refractivity contribution is -0.121. The highest BCUT2D eigenvalue weighted by molar-refractivity contribution is 7.97. The summed E-state index contributed by atoms with van der Waals surface area (Å²) in [6.45, 7) is 1.04. The van der Waals surface area contributed by atoms with Gasteiger partial charge in [-0.3, -0.25) is 4.79 Å². The zero-order valence-electron chi connectivity index (χ0n) is 10.7. The van der Waals surface area contributed by atoms with Crippen molar-refractivity contribution in [3.8, 4) is 0 Å². The largest absolute Gasteiger partial charge is 0.351 e. The normalized spacial score (nSPS) is 10.6. The van der Waals surface area contributed by atoms with Crippen LogP contribution in [0.2, 0.25) is 0 Å². The average molecular weight is 252 g/mol. The van der Waals surface area contributed by atoms with Gasteiger partial charge in [0.2, 0.25) is 5.91 Å². The maximum Gasteiger partial charge on any atom is 0.234 e. The molecule has 0 atom stereocenters. The Morgan fingerprint density at radius 2 is 2.06 bits per heavy atom. The molecular weight excluding hydrogens is 232 g/mol. The number of benzene rings is 1. The standard InChI is InChI=1S/C13H20N2OS/c1-15(2)9-13(16)14-8-11-5-4-6-12(7-11)10-17-3/h4-7H,8-10H2,1-3H3,(H,14,16). The van der Waals surface area contributed by atoms with Crippen LogP contribution in [0.25, 0.3) is 0 Å². The van der Waals surface area contributed by atoms with Crippen LogP contribution in [0, 0.1) is 0 Å². The van der Waals surface area contributed by atoms with E-state index in [9.17, 15) is 4.79 Å². The van der Waals surface area contributed by atoms with Gasteiger partial charge in [0, 0.05) is 12.3 Å². The van der Waals surface area contributed by atoms with Crippen LogP contribution >= 0.6 is 11.8 Å². The Kier molecular flexibility index (Phi) is 6.08. The Labute approximate surface area is 108 Å². The van der Waals surface area contributed by atoms with Crippen molar-refractivity contribution < 1.29 is 4.79 Å². The van der Waals surface area contributed by atoms with Crippen molar-refractivity contribution in [3.63, 3.8) is 0 Å². The smallest absolute Gasteiger partial charge is 0.234 e. The molecule has 94 valence electrons. The van der Waals surface area contributed by atoms with Crippen LogP contribution in [0.3, 0.4) is 0 Å². The van der Waals surface area contributed by atoms with Gasteiger partial charge in [0.05, 0.1) is 6.54 Å². The van der Waals surface area contributed by atoms with Gasteiger partial charge >= 0.3 is 0 Å². The summed E-state index contributed by atoms with van der Waals surface area (Å²) >= 11 is 1.80. The second-order valence-electron chi connectivity index (χ2n) is 4.27. The zero-order valence-corrected chi connectivity index (χ0v) is 11.5. The molecule has 0 radical (unpaired) electrons. The highest BCUT2D eigenvalue weighted by atomic mass is 32.2. The maximum atomic E-state index is 11.5. The summed E-state index contributed by atoms with van der Waals surface area (Å²) in [5, 5.41) is 2.91. The molecule has 1 aromatic carbocycles. The first-order valence-electron chi connectivity index (χ1n) is 5.60. The lowest BCUT2D eigenvalue weighted by atomic mass is 10.1. The maximum absolute atomic E-state index is 11.5. The second-order valence-corrected chi connectivity index (χ2v) is 5.13. The summed E-state index contributed by atoms with van der Waals surface area (Å²) in [5.41, 5.74) is 2.46. The Bertz CT molecular complexity index is 366. The van der Waals surface area contributed by atoms with E-state index < -0.39 is 0 Å². The fourth-order valence-electron chi connectivity index (χ4n) is 1.54. The van der Waals surface area contributed by atoms with E-state index in [-0.39, 0.29) is 5.91 Å². The van der Waals surface area contributed by atoms with Crippen molar-refractivity contribution >= 4 is 17.7 Å². The highest BCUT2D eigenvalue weighted by Gasteiger charge is 2.02. The van der Waals surface area contributed by atoms with Crippen LogP contribution < -0.4 is 5.32 Å². The fourth-order valence-corrected chi connectivity index (χ4v) is 2.05. The van der Waals surface area contributed by atoms with Crippen molar-refractivity contribution in [2.45, 2.75) is 12.3 Å². The van der Waals surface area contributed by atoms with Crippen LogP contribution in [0.15, 0.2) is 24.3 Å². The predicted molar refractivity (Wildman–Crippen MR) is 74.1 cm³/mol. The second kappa shape index (κ2) is 7.35. The fraction of sp³-hybridized carbons (Fsp3) is 0.462. The SMILES string of the molecule is CSCc1cccc(CNC(=O)CN(C)C)c1. The minimum atomic E-state index is 0.0604. The molecule has 17 heavy (non-hydrogen) atoms. The average Bonchev–Trinajstić information content (AvgIpc) is 2.26. The van der Waals surface area contributed by atoms with Gasteiger partial charge in [-0.1, -0.05) is 24.3 Å². The molecule has 0 spiro atoms. The summed E-state index contributed by atoms with van der Waals surface area (Å²) in [7, 11) is 3.78. The van der Waals surface area contributed by atoms with Crippen LogP contribution in [-0.4, -0.2) is 37.7 Å². The Hall–Kier alpha value is -1.00. The molecule has 1 N–H and O–H groups in total. The molecule has 0 aliphatic carbocycles. The van der Waals surface area contributed by atoms with Crippen molar-refractivity contribution in [2.24, 2.45) is 0 Å². The molecule has 1 aromatic rings. The van der Waals surface area contributed by atoms with Gasteiger partial charge < -0.3 is 10.2 Å². The summed E-state index contributed by atoms with van der Waals surface area (Å²) < 4.78 is 0. The van der Waals surface area contributed by atoms with Gasteiger partial charge in [-0.05, 0) is 31.5 Å². The third kappa shape index (κ3) is 5.75. The molecule has 0 unspecified atom stereocenters. The molecule has 0 aliphatic heterocycles. The van der Waals surface area contributed by atoms with Gasteiger partial charge in [-0.2, -0.15) is 11.8 Å². The van der Waals surface area contributed by atoms with E-state index in [4.69, 9.17) is 0 Å². The zero-order chi connectivity index (χ0) is 12.7. The third-order valence-electron chi connectivity index (χ3n) is 2.25. The van der Waals surface area contributed by atoms with E-state index >= 15 is 0 Å². The van der Waals surface area contributed by atoms with Crippen LogP contribution in [0.5, 0.6) is 0 Å². The highest BCUT2D eigenvalue weighted by Crippen LogP contribution is 2.11. The van der Waals surface area contributed by atoms with E-state index in [1.54, 1.807) is 11.8 Å². The molecule has 0 aromatic heterocycles. The number of rotatable bonds is 6. The Morgan fingerprint density at radius 1 is 1.35 bits per heavy atom. The Balaban J connectivity index is 2.45. The van der Waals surface area contributed by atoms with Crippen molar-refractivity contribution in [3.05, 3.63) is 35.4 Å². The number of carbonyl (C=O) groups excluding carboxylic acids is 1. The predicted octanol–water partition coefficient (Wildman–Crippen LogP) is 1.73. The number of likely N-dealkylation sites (N-methyl/N-ethyl adjacent to an activating group) is 1. The van der Waals surface area contributed by atoms with Gasteiger partial charge in [-0.25, -0.2) is 0 Å². The lowest BCUT2D eigenvalue weighted by Crippen LogP contribution is -2.32. The Morgan fingerprint density at radius 3 is 2.71 bits per heavy atom. The molecule has 0 heterocycles. The van der Waals surface area contributed by atoms with E-state index in [0.717, 1.165) is 11.3 Å². The summed E-state index contributed by atoms with van der Waals surface area (Å²) in [5.74, 6) is 1.07. The number of nitrogens with one attached hydrogen (secondary N) is 1. The molecule has 0 saturated heterocycles. The number of hydrogen-bond acceptors (Lipinski definition) is 3. The quantitative estimate of drug-likeness (QED) is 0.837. The topological polar surface area (TPSA) is 32.3 Å². The van der Waals surface area contributed by atoms with Crippen molar-refractivity contribution in [2.75, 3.05) is 26.9 Å². The van der Waals surface area contributed by atoms with Crippen LogP contribution in [0.4, 0.5) is 0 Å². The van der Waals surface area contributed by atoms with E-state index in [1.165, 1.54) is 5.56 Å². The van der Waals surface area contributed by atoms with E-state index in [1.807, 2.05) is 31.1 Å². The van der Waals surface area contributed by atoms with Gasteiger partial charge in [0.15, 0.2) is 0 Å². The number of thioether (sulfide) groups is 1. The van der Waals surface area contributed by atoms with Crippen molar-refractivity contribution in [1.29, 1.82) is 0 Å². The summed E-state index contributed by atoms with van der Waals surface area (Å²) in [6, 6.07) is 8.34. The number of amides is 1. The molecule has 4 heteroatoms. The van der Waals surface area contributed by atoms with Gasteiger partial charge in [0.1, 0.15) is 0 Å². The van der Waals surface area contributed by atoms with Crippen LogP contribution in [0.1, 0.15) is 11.1 Å². The molecular formula is C13H20N2OS. The minimum absolute atomic E-state index is 0.0604. The van der Waals surface area contributed by atoms with Crippen LogP contribution in [-0.2, 0) is 17.1 Å². The monoisotopic (exact) mass is 252 g/mol. The van der Waals surface area contributed by atoms with E-state index in [2.05, 4.69) is 23.7 Å². The first-order chi connectivity index (χ1) is 8.11. The van der Waals surface area contributed by atoms with Crippen molar-refractivity contribution in [1.82, 2.24) is 10.2 Å². The number of nitrogens with zero attached hydrogens (tertiary/aromatic N) is 1. The molecule has 1 amide bonds. The third-order valence-corrected chi connectivity index (χ3v) is 2.87. The lowest BCUT2D eigenvalue weighted by Gasteiger charge is -2.10. The molecule has 0 bridgehead atoms. The molecule has 0 aliphatic rings. The summed E-state index contributed by atoms with van der Waals surface area (Å²) in [4.78, 5) is 13.3.